The molecule has 0 bridgehead atoms. The molecule has 0 saturated heterocycles. The average Bonchev–Trinajstić information content (AvgIpc) is 3.34. The monoisotopic (exact) mass is 438 g/mol. The van der Waals surface area contributed by atoms with Crippen LogP contribution in [-0.4, -0.2) is 22.0 Å². The van der Waals surface area contributed by atoms with Crippen LogP contribution >= 0.6 is 11.3 Å². The Morgan fingerprint density at radius 1 is 1.23 bits per heavy atom. The van der Waals surface area contributed by atoms with Gasteiger partial charge in [-0.1, -0.05) is 18.2 Å². The zero-order valence-electron chi connectivity index (χ0n) is 17.2. The molecule has 0 N–H and O–H groups in total. The van der Waals surface area contributed by atoms with Crippen LogP contribution in [0.1, 0.15) is 52.1 Å². The SMILES string of the molecule is CCOCc1c(C(=O)OCc2cc(=O)n3c4c(sc3n2)CCCC4)oc2ccccc12. The Labute approximate surface area is 182 Å². The van der Waals surface area contributed by atoms with Gasteiger partial charge in [0.15, 0.2) is 4.96 Å². The van der Waals surface area contributed by atoms with E-state index in [4.69, 9.17) is 13.9 Å². The number of carbonyl (C=O) groups is 1. The van der Waals surface area contributed by atoms with E-state index < -0.39 is 5.97 Å². The molecule has 0 atom stereocenters. The van der Waals surface area contributed by atoms with Crippen LogP contribution in [0.5, 0.6) is 0 Å². The van der Waals surface area contributed by atoms with E-state index in [1.807, 2.05) is 25.1 Å². The van der Waals surface area contributed by atoms with Crippen molar-refractivity contribution in [1.82, 2.24) is 9.38 Å². The first-order valence-electron chi connectivity index (χ1n) is 10.4. The number of para-hydroxylation sites is 1. The summed E-state index contributed by atoms with van der Waals surface area (Å²) in [5.74, 6) is -0.475. The van der Waals surface area contributed by atoms with Crippen molar-refractivity contribution in [3.8, 4) is 0 Å². The molecule has 0 unspecified atom stereocenters. The minimum absolute atomic E-state index is 0.0989. The second kappa shape index (κ2) is 8.28. The van der Waals surface area contributed by atoms with Gasteiger partial charge in [0.25, 0.3) is 5.56 Å². The van der Waals surface area contributed by atoms with Crippen molar-refractivity contribution in [3.05, 3.63) is 68.3 Å². The third kappa shape index (κ3) is 3.66. The van der Waals surface area contributed by atoms with E-state index in [-0.39, 0.29) is 24.5 Å². The summed E-state index contributed by atoms with van der Waals surface area (Å²) in [6, 6.07) is 8.87. The number of ether oxygens (including phenoxy) is 2. The van der Waals surface area contributed by atoms with Crippen molar-refractivity contribution >= 4 is 33.2 Å². The van der Waals surface area contributed by atoms with E-state index in [0.29, 0.717) is 28.4 Å². The van der Waals surface area contributed by atoms with Crippen LogP contribution in [0.25, 0.3) is 15.9 Å². The maximum Gasteiger partial charge on any atom is 0.375 e. The fraction of sp³-hybridized carbons (Fsp3) is 0.348. The molecule has 1 aliphatic carbocycles. The summed E-state index contributed by atoms with van der Waals surface area (Å²) >= 11 is 1.55. The van der Waals surface area contributed by atoms with Crippen molar-refractivity contribution in [2.24, 2.45) is 0 Å². The number of carbonyl (C=O) groups excluding carboxylic acids is 1. The van der Waals surface area contributed by atoms with Crippen LogP contribution in [0.4, 0.5) is 0 Å². The molecule has 0 amide bonds. The van der Waals surface area contributed by atoms with E-state index in [2.05, 4.69) is 4.98 Å². The van der Waals surface area contributed by atoms with Crippen LogP contribution < -0.4 is 5.56 Å². The molecule has 0 fully saturated rings. The Bertz CT molecular complexity index is 1330. The van der Waals surface area contributed by atoms with Crippen molar-refractivity contribution in [2.75, 3.05) is 6.61 Å². The third-order valence-electron chi connectivity index (χ3n) is 5.50. The third-order valence-corrected chi connectivity index (χ3v) is 6.64. The minimum Gasteiger partial charge on any atom is -0.453 e. The number of fused-ring (bicyclic) bond motifs is 4. The maximum absolute atomic E-state index is 12.8. The van der Waals surface area contributed by atoms with Gasteiger partial charge in [-0.15, -0.1) is 11.3 Å². The molecule has 0 saturated carbocycles. The summed E-state index contributed by atoms with van der Waals surface area (Å²) < 4.78 is 18.5. The quantitative estimate of drug-likeness (QED) is 0.418. The van der Waals surface area contributed by atoms with Crippen molar-refractivity contribution < 1.29 is 18.7 Å². The second-order valence-electron chi connectivity index (χ2n) is 7.50. The molecule has 3 heterocycles. The molecule has 4 aromatic rings. The maximum atomic E-state index is 12.8. The summed E-state index contributed by atoms with van der Waals surface area (Å²) in [5, 5.41) is 0.824. The molecule has 1 aromatic carbocycles. The number of esters is 1. The first-order valence-corrected chi connectivity index (χ1v) is 11.3. The van der Waals surface area contributed by atoms with Crippen LogP contribution in [0.15, 0.2) is 39.5 Å². The average molecular weight is 439 g/mol. The number of hydrogen-bond acceptors (Lipinski definition) is 7. The van der Waals surface area contributed by atoms with Gasteiger partial charge in [0.1, 0.15) is 12.2 Å². The van der Waals surface area contributed by atoms with Gasteiger partial charge >= 0.3 is 5.97 Å². The number of thiazole rings is 1. The molecule has 7 nitrogen and oxygen atoms in total. The standard InChI is InChI=1S/C23H22N2O5S/c1-2-28-13-16-15-7-3-5-9-18(15)30-21(16)22(27)29-12-14-11-20(26)25-17-8-4-6-10-19(17)31-23(25)24-14/h3,5,7,9,11H,2,4,6,8,10,12-13H2,1H3. The first-order chi connectivity index (χ1) is 15.2. The normalized spacial score (nSPS) is 13.6. The van der Waals surface area contributed by atoms with Crippen LogP contribution in [-0.2, 0) is 35.5 Å². The second-order valence-corrected chi connectivity index (χ2v) is 8.56. The van der Waals surface area contributed by atoms with Crippen LogP contribution in [0.3, 0.4) is 0 Å². The molecule has 0 aliphatic heterocycles. The van der Waals surface area contributed by atoms with Crippen LogP contribution in [0.2, 0.25) is 0 Å². The number of furan rings is 1. The number of benzene rings is 1. The fourth-order valence-corrected chi connectivity index (χ4v) is 5.26. The topological polar surface area (TPSA) is 83.0 Å². The molecule has 31 heavy (non-hydrogen) atoms. The Hall–Kier alpha value is -2.97. The number of nitrogens with zero attached hydrogens (tertiary/aromatic N) is 2. The summed E-state index contributed by atoms with van der Waals surface area (Å²) in [6.07, 6.45) is 4.12. The first kappa shape index (κ1) is 20.0. The summed E-state index contributed by atoms with van der Waals surface area (Å²) in [5.41, 5.74) is 2.65. The van der Waals surface area contributed by atoms with E-state index in [9.17, 15) is 9.59 Å². The lowest BCUT2D eigenvalue weighted by Gasteiger charge is -2.10. The van der Waals surface area contributed by atoms with Gasteiger partial charge in [0, 0.05) is 34.2 Å². The molecule has 160 valence electrons. The van der Waals surface area contributed by atoms with Gasteiger partial charge in [-0.25, -0.2) is 9.78 Å². The highest BCUT2D eigenvalue weighted by Gasteiger charge is 2.23. The van der Waals surface area contributed by atoms with Crippen molar-refractivity contribution in [2.45, 2.75) is 45.8 Å². The van der Waals surface area contributed by atoms with Gasteiger partial charge in [0.2, 0.25) is 5.76 Å². The van der Waals surface area contributed by atoms with E-state index in [1.54, 1.807) is 21.8 Å². The predicted molar refractivity (Wildman–Crippen MR) is 117 cm³/mol. The van der Waals surface area contributed by atoms with Gasteiger partial charge < -0.3 is 13.9 Å². The molecule has 0 radical (unpaired) electrons. The molecule has 3 aromatic heterocycles. The predicted octanol–water partition coefficient (Wildman–Crippen LogP) is 4.27. The van der Waals surface area contributed by atoms with Crippen LogP contribution in [0, 0.1) is 0 Å². The number of rotatable bonds is 6. The zero-order valence-corrected chi connectivity index (χ0v) is 18.0. The van der Waals surface area contributed by atoms with Gasteiger partial charge in [0.05, 0.1) is 12.3 Å². The Morgan fingerprint density at radius 3 is 2.94 bits per heavy atom. The van der Waals surface area contributed by atoms with Crippen molar-refractivity contribution in [1.29, 1.82) is 0 Å². The Kier molecular flexibility index (Phi) is 5.33. The van der Waals surface area contributed by atoms with Crippen molar-refractivity contribution in [3.63, 3.8) is 0 Å². The fourth-order valence-electron chi connectivity index (χ4n) is 4.03. The van der Waals surface area contributed by atoms with E-state index >= 15 is 0 Å². The van der Waals surface area contributed by atoms with Gasteiger partial charge in [-0.2, -0.15) is 0 Å². The highest BCUT2D eigenvalue weighted by atomic mass is 32.1. The molecule has 5 rings (SSSR count). The number of hydrogen-bond donors (Lipinski definition) is 0. The molecular formula is C23H22N2O5S. The molecule has 0 spiro atoms. The van der Waals surface area contributed by atoms with E-state index in [0.717, 1.165) is 36.8 Å². The lowest BCUT2D eigenvalue weighted by atomic mass is 10.0. The highest BCUT2D eigenvalue weighted by Crippen LogP contribution is 2.29. The Morgan fingerprint density at radius 2 is 2.06 bits per heavy atom. The van der Waals surface area contributed by atoms with Gasteiger partial charge in [-0.05, 0) is 38.7 Å². The molecular weight excluding hydrogens is 416 g/mol. The summed E-state index contributed by atoms with van der Waals surface area (Å²) in [4.78, 5) is 31.9. The number of aromatic nitrogens is 2. The largest absolute Gasteiger partial charge is 0.453 e. The highest BCUT2D eigenvalue weighted by molar-refractivity contribution is 7.17. The lowest BCUT2D eigenvalue weighted by Crippen LogP contribution is -2.18. The smallest absolute Gasteiger partial charge is 0.375 e. The number of aryl methyl sites for hydroxylation is 2. The van der Waals surface area contributed by atoms with Gasteiger partial charge in [-0.3, -0.25) is 9.20 Å². The van der Waals surface area contributed by atoms with E-state index in [1.165, 1.54) is 10.9 Å². The summed E-state index contributed by atoms with van der Waals surface area (Å²) in [7, 11) is 0. The summed E-state index contributed by atoms with van der Waals surface area (Å²) in [6.45, 7) is 2.57. The zero-order chi connectivity index (χ0) is 21.4. The molecule has 1 aliphatic rings. The lowest BCUT2D eigenvalue weighted by molar-refractivity contribution is 0.0425. The Balaban J connectivity index is 1.41. The minimum atomic E-state index is -0.599. The molecule has 8 heteroatoms.